The van der Waals surface area contributed by atoms with Crippen LogP contribution in [0.3, 0.4) is 0 Å². The second-order valence-electron chi connectivity index (χ2n) is 8.20. The second kappa shape index (κ2) is 10.1. The molecule has 0 saturated heterocycles. The maximum absolute atomic E-state index is 12.7. The van der Waals surface area contributed by atoms with Gasteiger partial charge in [-0.25, -0.2) is 8.42 Å². The molecule has 0 aliphatic rings. The van der Waals surface area contributed by atoms with Gasteiger partial charge in [-0.3, -0.25) is 9.10 Å². The number of carbonyl (C=O) groups is 1. The number of anilines is 1. The fourth-order valence-corrected chi connectivity index (χ4v) is 4.34. The summed E-state index contributed by atoms with van der Waals surface area (Å²) >= 11 is 0. The van der Waals surface area contributed by atoms with E-state index in [9.17, 15) is 13.2 Å². The van der Waals surface area contributed by atoms with Gasteiger partial charge < -0.3 is 10.1 Å². The molecule has 0 heterocycles. The van der Waals surface area contributed by atoms with Crippen LogP contribution < -0.4 is 14.4 Å². The molecule has 3 rings (SSSR count). The molecular formula is C26H30N2O4S. The number of carbonyl (C=O) groups excluding carboxylic acids is 1. The molecular weight excluding hydrogens is 436 g/mol. The Morgan fingerprint density at radius 3 is 2.15 bits per heavy atom. The fraction of sp³-hybridized carbons (Fsp3) is 0.269. The number of benzene rings is 3. The van der Waals surface area contributed by atoms with E-state index >= 15 is 0 Å². The van der Waals surface area contributed by atoms with Crippen molar-refractivity contribution in [2.45, 2.75) is 33.4 Å². The number of aryl methyl sites for hydroxylation is 2. The molecule has 1 N–H and O–H groups in total. The standard InChI is InChI=1S/C26H30N2O4S/c1-18-6-13-24(16-19(18)2)28(33(5,30)31)17-21-7-9-23(10-8-21)26(29)27-20(3)22-11-14-25(32-4)15-12-22/h6-16,20H,17H2,1-5H3,(H,27,29)/t20-/m1/s1. The summed E-state index contributed by atoms with van der Waals surface area (Å²) in [5.74, 6) is 0.566. The van der Waals surface area contributed by atoms with Crippen molar-refractivity contribution < 1.29 is 17.9 Å². The van der Waals surface area contributed by atoms with Gasteiger partial charge in [0.15, 0.2) is 0 Å². The summed E-state index contributed by atoms with van der Waals surface area (Å²) in [5.41, 5.74) is 5.02. The summed E-state index contributed by atoms with van der Waals surface area (Å²) in [4.78, 5) is 12.7. The van der Waals surface area contributed by atoms with E-state index in [0.29, 0.717) is 11.3 Å². The van der Waals surface area contributed by atoms with Crippen LogP contribution in [0.1, 0.15) is 45.6 Å². The minimum Gasteiger partial charge on any atom is -0.497 e. The van der Waals surface area contributed by atoms with Gasteiger partial charge in [0.2, 0.25) is 10.0 Å². The van der Waals surface area contributed by atoms with Crippen LogP contribution >= 0.6 is 0 Å². The number of nitrogens with one attached hydrogen (secondary N) is 1. The lowest BCUT2D eigenvalue weighted by Gasteiger charge is -2.23. The number of amides is 1. The molecule has 7 heteroatoms. The molecule has 0 bridgehead atoms. The van der Waals surface area contributed by atoms with Crippen molar-refractivity contribution in [2.24, 2.45) is 0 Å². The molecule has 0 fully saturated rings. The van der Waals surface area contributed by atoms with Gasteiger partial charge in [-0.15, -0.1) is 0 Å². The van der Waals surface area contributed by atoms with E-state index in [1.165, 1.54) is 10.6 Å². The van der Waals surface area contributed by atoms with E-state index in [4.69, 9.17) is 4.74 Å². The Morgan fingerprint density at radius 2 is 1.61 bits per heavy atom. The first-order chi connectivity index (χ1) is 15.6. The highest BCUT2D eigenvalue weighted by Crippen LogP contribution is 2.24. The lowest BCUT2D eigenvalue weighted by Crippen LogP contribution is -2.29. The Bertz CT molecular complexity index is 1220. The van der Waals surface area contributed by atoms with Crippen LogP contribution in [0.25, 0.3) is 0 Å². The zero-order valence-electron chi connectivity index (χ0n) is 19.6. The van der Waals surface area contributed by atoms with Gasteiger partial charge in [0.05, 0.1) is 31.6 Å². The Kier molecular flexibility index (Phi) is 7.43. The average Bonchev–Trinajstić information content (AvgIpc) is 2.79. The SMILES string of the molecule is COc1ccc([C@@H](C)NC(=O)c2ccc(CN(c3ccc(C)c(C)c3)S(C)(=O)=O)cc2)cc1. The molecule has 3 aromatic carbocycles. The molecule has 1 amide bonds. The maximum atomic E-state index is 12.7. The van der Waals surface area contributed by atoms with Gasteiger partial charge in [0, 0.05) is 5.56 Å². The lowest BCUT2D eigenvalue weighted by atomic mass is 10.1. The fourth-order valence-electron chi connectivity index (χ4n) is 3.46. The van der Waals surface area contributed by atoms with Gasteiger partial charge in [0.1, 0.15) is 5.75 Å². The van der Waals surface area contributed by atoms with Crippen molar-refractivity contribution in [1.82, 2.24) is 5.32 Å². The zero-order chi connectivity index (χ0) is 24.2. The maximum Gasteiger partial charge on any atom is 0.251 e. The first-order valence-electron chi connectivity index (χ1n) is 10.7. The first-order valence-corrected chi connectivity index (χ1v) is 12.5. The molecule has 174 valence electrons. The normalized spacial score (nSPS) is 12.2. The summed E-state index contributed by atoms with van der Waals surface area (Å²) in [6.07, 6.45) is 1.20. The minimum absolute atomic E-state index is 0.173. The van der Waals surface area contributed by atoms with Gasteiger partial charge >= 0.3 is 0 Å². The van der Waals surface area contributed by atoms with Crippen molar-refractivity contribution in [3.63, 3.8) is 0 Å². The number of nitrogens with zero attached hydrogens (tertiary/aromatic N) is 1. The molecule has 6 nitrogen and oxygen atoms in total. The highest BCUT2D eigenvalue weighted by molar-refractivity contribution is 7.92. The van der Waals surface area contributed by atoms with E-state index in [1.807, 2.05) is 63.2 Å². The number of hydrogen-bond donors (Lipinski definition) is 1. The van der Waals surface area contributed by atoms with E-state index < -0.39 is 10.0 Å². The zero-order valence-corrected chi connectivity index (χ0v) is 20.4. The number of hydrogen-bond acceptors (Lipinski definition) is 4. The molecule has 0 radical (unpaired) electrons. The van der Waals surface area contributed by atoms with Crippen molar-refractivity contribution in [1.29, 1.82) is 0 Å². The smallest absolute Gasteiger partial charge is 0.251 e. The third-order valence-corrected chi connectivity index (χ3v) is 6.83. The molecule has 0 unspecified atom stereocenters. The van der Waals surface area contributed by atoms with Crippen molar-refractivity contribution >= 4 is 21.6 Å². The summed E-state index contributed by atoms with van der Waals surface area (Å²) < 4.78 is 31.5. The van der Waals surface area contributed by atoms with E-state index in [-0.39, 0.29) is 18.5 Å². The molecule has 3 aromatic rings. The van der Waals surface area contributed by atoms with Crippen LogP contribution in [0.2, 0.25) is 0 Å². The largest absolute Gasteiger partial charge is 0.497 e. The first kappa shape index (κ1) is 24.3. The third kappa shape index (κ3) is 6.14. The average molecular weight is 467 g/mol. The number of rotatable bonds is 8. The van der Waals surface area contributed by atoms with Crippen LogP contribution in [-0.2, 0) is 16.6 Å². The number of ether oxygens (including phenoxy) is 1. The van der Waals surface area contributed by atoms with Gasteiger partial charge in [0.25, 0.3) is 5.91 Å². The molecule has 33 heavy (non-hydrogen) atoms. The summed E-state index contributed by atoms with van der Waals surface area (Å²) in [5, 5.41) is 2.99. The van der Waals surface area contributed by atoms with E-state index in [0.717, 1.165) is 28.0 Å². The van der Waals surface area contributed by atoms with Gasteiger partial charge in [-0.1, -0.05) is 30.3 Å². The third-order valence-electron chi connectivity index (χ3n) is 5.68. The van der Waals surface area contributed by atoms with Crippen molar-refractivity contribution in [3.05, 3.63) is 94.5 Å². The monoisotopic (exact) mass is 466 g/mol. The summed E-state index contributed by atoms with van der Waals surface area (Å²) in [7, 11) is -1.87. The molecule has 0 aromatic heterocycles. The number of sulfonamides is 1. The molecule has 0 aliphatic heterocycles. The second-order valence-corrected chi connectivity index (χ2v) is 10.1. The van der Waals surface area contributed by atoms with E-state index in [2.05, 4.69) is 5.32 Å². The predicted molar refractivity (Wildman–Crippen MR) is 132 cm³/mol. The Balaban J connectivity index is 1.72. The number of methoxy groups -OCH3 is 1. The Morgan fingerprint density at radius 1 is 0.970 bits per heavy atom. The van der Waals surface area contributed by atoms with Crippen molar-refractivity contribution in [2.75, 3.05) is 17.7 Å². The molecule has 0 saturated carbocycles. The summed E-state index contributed by atoms with van der Waals surface area (Å²) in [6, 6.07) is 20.0. The van der Waals surface area contributed by atoms with Crippen molar-refractivity contribution in [3.8, 4) is 5.75 Å². The van der Waals surface area contributed by atoms with Crippen LogP contribution in [0.15, 0.2) is 66.7 Å². The minimum atomic E-state index is -3.48. The molecule has 0 spiro atoms. The Hall–Kier alpha value is -3.32. The topological polar surface area (TPSA) is 75.7 Å². The van der Waals surface area contributed by atoms with Gasteiger partial charge in [-0.2, -0.15) is 0 Å². The summed E-state index contributed by atoms with van der Waals surface area (Å²) in [6.45, 7) is 6.05. The van der Waals surface area contributed by atoms with Gasteiger partial charge in [-0.05, 0) is 79.4 Å². The van der Waals surface area contributed by atoms with Crippen LogP contribution in [0.4, 0.5) is 5.69 Å². The Labute approximate surface area is 196 Å². The highest BCUT2D eigenvalue weighted by atomic mass is 32.2. The lowest BCUT2D eigenvalue weighted by molar-refractivity contribution is 0.0940. The van der Waals surface area contributed by atoms with E-state index in [1.54, 1.807) is 31.4 Å². The predicted octanol–water partition coefficient (Wildman–Crippen LogP) is 4.77. The quantitative estimate of drug-likeness (QED) is 0.519. The van der Waals surface area contributed by atoms with Crippen LogP contribution in [-0.4, -0.2) is 27.7 Å². The molecule has 1 atom stereocenters. The van der Waals surface area contributed by atoms with Crippen LogP contribution in [0.5, 0.6) is 5.75 Å². The molecule has 0 aliphatic carbocycles. The highest BCUT2D eigenvalue weighted by Gasteiger charge is 2.19. The van der Waals surface area contributed by atoms with Crippen LogP contribution in [0, 0.1) is 13.8 Å².